The Balaban J connectivity index is 5.19. The number of hydrogen-bond donors (Lipinski definition) is 8. The first-order valence-electron chi connectivity index (χ1n) is 18.7. The number of hydrogen-bond acceptors (Lipinski definition) is 14. The van der Waals surface area contributed by atoms with E-state index in [-0.39, 0.29) is 116 Å². The van der Waals surface area contributed by atoms with Crippen molar-refractivity contribution < 1.29 is 57.8 Å². The van der Waals surface area contributed by atoms with Crippen molar-refractivity contribution in [1.82, 2.24) is 31.9 Å². The lowest BCUT2D eigenvalue weighted by Gasteiger charge is -2.19. The second kappa shape index (κ2) is 29.9. The zero-order valence-corrected chi connectivity index (χ0v) is 35.3. The first kappa shape index (κ1) is 52.8. The van der Waals surface area contributed by atoms with Crippen molar-refractivity contribution in [2.45, 2.75) is 104 Å². The quantitative estimate of drug-likeness (QED) is 0.0308. The molecule has 6 amide bonds. The minimum atomic E-state index is -1.19. The Bertz CT molecular complexity index is 1380. The van der Waals surface area contributed by atoms with Gasteiger partial charge in [0.2, 0.25) is 29.5 Å². The average Bonchev–Trinajstić information content (AvgIpc) is 3.10. The Kier molecular flexibility index (Phi) is 27.7. The van der Waals surface area contributed by atoms with Gasteiger partial charge in [0.15, 0.2) is 18.2 Å². The van der Waals surface area contributed by atoms with E-state index in [9.17, 15) is 47.9 Å². The molecule has 21 heteroatoms. The third kappa shape index (κ3) is 27.9. The molecular formula is C36H61N7O12S2. The van der Waals surface area contributed by atoms with Gasteiger partial charge in [0.05, 0.1) is 23.6 Å². The molecule has 4 atom stereocenters. The van der Waals surface area contributed by atoms with Crippen LogP contribution in [0, 0.1) is 11.8 Å². The van der Waals surface area contributed by atoms with Crippen LogP contribution < -0.4 is 37.6 Å². The summed E-state index contributed by atoms with van der Waals surface area (Å²) >= 11 is 2.21. The monoisotopic (exact) mass is 847 g/mol. The molecular weight excluding hydrogens is 787 g/mol. The molecule has 0 fully saturated rings. The van der Waals surface area contributed by atoms with Crippen LogP contribution in [-0.4, -0.2) is 137 Å². The van der Waals surface area contributed by atoms with Crippen molar-refractivity contribution >= 4 is 82.5 Å². The first-order chi connectivity index (χ1) is 26.7. The van der Waals surface area contributed by atoms with E-state index in [1.165, 1.54) is 25.6 Å². The number of carbonyl (C=O) groups is 10. The van der Waals surface area contributed by atoms with Gasteiger partial charge in [0, 0.05) is 64.2 Å². The van der Waals surface area contributed by atoms with Gasteiger partial charge in [-0.25, -0.2) is 0 Å². The normalized spacial score (nSPS) is 13.0. The van der Waals surface area contributed by atoms with Crippen LogP contribution in [0.3, 0.4) is 0 Å². The highest BCUT2D eigenvalue weighted by molar-refractivity contribution is 8.00. The number of nitrogens with two attached hydrogens (primary N) is 1. The summed E-state index contributed by atoms with van der Waals surface area (Å²) in [7, 11) is 0. The number of ketones is 2. The van der Waals surface area contributed by atoms with E-state index in [0.29, 0.717) is 0 Å². The summed E-state index contributed by atoms with van der Waals surface area (Å²) < 4.78 is 5.05. The number of ether oxygens (including phenoxy) is 1. The number of thioether (sulfide) groups is 2. The lowest BCUT2D eigenvalue weighted by Crippen LogP contribution is -2.49. The molecule has 0 radical (unpaired) electrons. The topological polar surface area (TPSA) is 298 Å². The average molecular weight is 848 g/mol. The van der Waals surface area contributed by atoms with Gasteiger partial charge in [-0.05, 0) is 31.1 Å². The van der Waals surface area contributed by atoms with Gasteiger partial charge >= 0.3 is 11.9 Å². The highest BCUT2D eigenvalue weighted by Gasteiger charge is 2.24. The summed E-state index contributed by atoms with van der Waals surface area (Å²) in [6.07, 6.45) is 0.478. The van der Waals surface area contributed by atoms with Gasteiger partial charge in [0.1, 0.15) is 12.1 Å². The van der Waals surface area contributed by atoms with E-state index in [4.69, 9.17) is 15.6 Å². The highest BCUT2D eigenvalue weighted by atomic mass is 32.2. The fourth-order valence-corrected chi connectivity index (χ4v) is 6.57. The fourth-order valence-electron chi connectivity index (χ4n) is 4.86. The molecule has 0 heterocycles. The summed E-state index contributed by atoms with van der Waals surface area (Å²) in [4.78, 5) is 122. The van der Waals surface area contributed by atoms with Crippen LogP contribution in [0.4, 0.5) is 0 Å². The van der Waals surface area contributed by atoms with E-state index >= 15 is 0 Å². The minimum Gasteiger partial charge on any atom is -0.480 e. The van der Waals surface area contributed by atoms with E-state index in [1.807, 2.05) is 27.7 Å². The number of carboxylic acid groups (broad SMARTS) is 1. The Hall–Kier alpha value is -4.24. The van der Waals surface area contributed by atoms with Gasteiger partial charge in [-0.2, -0.15) is 0 Å². The second-order valence-corrected chi connectivity index (χ2v) is 16.1. The van der Waals surface area contributed by atoms with Crippen LogP contribution in [0.1, 0.15) is 80.1 Å². The van der Waals surface area contributed by atoms with Crippen molar-refractivity contribution in [2.75, 3.05) is 49.3 Å². The lowest BCUT2D eigenvalue weighted by molar-refractivity contribution is -0.149. The predicted molar refractivity (Wildman–Crippen MR) is 215 cm³/mol. The van der Waals surface area contributed by atoms with E-state index in [1.54, 1.807) is 0 Å². The fraction of sp³-hybridized carbons (Fsp3) is 0.722. The van der Waals surface area contributed by atoms with Gasteiger partial charge < -0.3 is 47.5 Å². The largest absolute Gasteiger partial charge is 0.480 e. The third-order valence-electron chi connectivity index (χ3n) is 7.51. The standard InChI is InChI=1S/C36H61N7O12S2/c1-21(2)14-29(46)26(41-23(5)44)9-10-34(51)55-16-31(48)43-27(35(52)40-13-12-39-33(50)19-56-17-25(37)36(53)54)8-7-11-38-32(49)20-57-18-28(42-24(6)45)30(47)15-22(3)4/h21-22,25-28H,7-20,37H2,1-6H3,(H,38,49)(H,39,50)(H,40,52)(H,41,44)(H,42,45)(H,43,48)(H,53,54)/t25-,26-,27-,28-/m0/s1. The molecule has 0 aliphatic rings. The van der Waals surface area contributed by atoms with Crippen molar-refractivity contribution in [3.05, 3.63) is 0 Å². The Morgan fingerprint density at radius 3 is 1.68 bits per heavy atom. The summed E-state index contributed by atoms with van der Waals surface area (Å²) in [5, 5.41) is 24.4. The molecule has 0 bridgehead atoms. The van der Waals surface area contributed by atoms with Crippen LogP contribution in [0.2, 0.25) is 0 Å². The van der Waals surface area contributed by atoms with Crippen molar-refractivity contribution in [1.29, 1.82) is 0 Å². The molecule has 0 aliphatic carbocycles. The van der Waals surface area contributed by atoms with E-state index < -0.39 is 66.3 Å². The third-order valence-corrected chi connectivity index (χ3v) is 9.60. The molecule has 0 saturated heterocycles. The van der Waals surface area contributed by atoms with Crippen LogP contribution >= 0.6 is 23.5 Å². The maximum Gasteiger partial charge on any atom is 0.321 e. The Morgan fingerprint density at radius 1 is 0.632 bits per heavy atom. The molecule has 324 valence electrons. The number of carbonyl (C=O) groups excluding carboxylic acids is 9. The van der Waals surface area contributed by atoms with Gasteiger partial charge in [-0.15, -0.1) is 23.5 Å². The molecule has 0 saturated carbocycles. The predicted octanol–water partition coefficient (Wildman–Crippen LogP) is -0.958. The zero-order valence-electron chi connectivity index (χ0n) is 33.7. The van der Waals surface area contributed by atoms with Crippen molar-refractivity contribution in [3.8, 4) is 0 Å². The smallest absolute Gasteiger partial charge is 0.321 e. The summed E-state index contributed by atoms with van der Waals surface area (Å²) in [6.45, 7) is 9.41. The summed E-state index contributed by atoms with van der Waals surface area (Å²) in [6, 6.07) is -3.86. The molecule has 57 heavy (non-hydrogen) atoms. The number of carboxylic acids is 1. The second-order valence-electron chi connectivity index (χ2n) is 14.1. The Morgan fingerprint density at radius 2 is 1.14 bits per heavy atom. The number of rotatable bonds is 31. The van der Waals surface area contributed by atoms with Crippen LogP contribution in [0.25, 0.3) is 0 Å². The van der Waals surface area contributed by atoms with Gasteiger partial charge in [-0.3, -0.25) is 47.9 Å². The number of nitrogens with one attached hydrogen (secondary N) is 6. The number of amides is 6. The SMILES string of the molecule is CC(=O)N[C@@H](CCC(=O)OCC(=O)N[C@@H](CCCNC(=O)CSC[C@H](NC(C)=O)C(=O)CC(C)C)C(=O)NCCNC(=O)CSC[C@H](N)C(=O)O)C(=O)CC(C)C. The number of aliphatic carboxylic acids is 1. The van der Waals surface area contributed by atoms with Crippen LogP contribution in [-0.2, 0) is 52.7 Å². The van der Waals surface area contributed by atoms with E-state index in [2.05, 4.69) is 31.9 Å². The Labute approximate surface area is 342 Å². The maximum atomic E-state index is 13.1. The van der Waals surface area contributed by atoms with Crippen molar-refractivity contribution in [3.63, 3.8) is 0 Å². The van der Waals surface area contributed by atoms with Gasteiger partial charge in [-0.1, -0.05) is 27.7 Å². The molecule has 19 nitrogen and oxygen atoms in total. The summed E-state index contributed by atoms with van der Waals surface area (Å²) in [5.74, 6) is -4.98. The zero-order chi connectivity index (χ0) is 43.5. The van der Waals surface area contributed by atoms with Crippen LogP contribution in [0.15, 0.2) is 0 Å². The molecule has 0 aromatic heterocycles. The molecule has 0 rings (SSSR count). The molecule has 9 N–H and O–H groups in total. The molecule has 0 unspecified atom stereocenters. The van der Waals surface area contributed by atoms with Crippen molar-refractivity contribution in [2.24, 2.45) is 17.6 Å². The summed E-state index contributed by atoms with van der Waals surface area (Å²) in [5.41, 5.74) is 5.42. The van der Waals surface area contributed by atoms with E-state index in [0.717, 1.165) is 11.8 Å². The highest BCUT2D eigenvalue weighted by Crippen LogP contribution is 2.11. The molecule has 0 aliphatic heterocycles. The van der Waals surface area contributed by atoms with Gasteiger partial charge in [0.25, 0.3) is 5.91 Å². The molecule has 0 spiro atoms. The van der Waals surface area contributed by atoms with Crippen LogP contribution in [0.5, 0.6) is 0 Å². The number of esters is 1. The number of Topliss-reactive ketones (excluding diaryl/α,β-unsaturated/α-hetero) is 2. The first-order valence-corrected chi connectivity index (χ1v) is 21.0. The minimum absolute atomic E-state index is 0.00506. The maximum absolute atomic E-state index is 13.1. The molecule has 0 aromatic rings. The lowest BCUT2D eigenvalue weighted by atomic mass is 9.98. The molecule has 0 aromatic carbocycles.